The van der Waals surface area contributed by atoms with Gasteiger partial charge in [0.1, 0.15) is 0 Å². The first-order valence-corrected chi connectivity index (χ1v) is 6.82. The van der Waals surface area contributed by atoms with Crippen LogP contribution in [0.25, 0.3) is 0 Å². The van der Waals surface area contributed by atoms with E-state index < -0.39 is 0 Å². The number of hydrogen-bond acceptors (Lipinski definition) is 3. The predicted octanol–water partition coefficient (Wildman–Crippen LogP) is 1.79. The Morgan fingerprint density at radius 3 is 2.33 bits per heavy atom. The van der Waals surface area contributed by atoms with Crippen molar-refractivity contribution in [1.82, 2.24) is 10.2 Å². The summed E-state index contributed by atoms with van der Waals surface area (Å²) < 4.78 is 0. The van der Waals surface area contributed by atoms with Crippen molar-refractivity contribution >= 4 is 0 Å². The number of aliphatic hydroxyl groups is 1. The highest BCUT2D eigenvalue weighted by Crippen LogP contribution is 2.02. The summed E-state index contributed by atoms with van der Waals surface area (Å²) in [4.78, 5) is 2.23. The number of rotatable bonds is 8. The van der Waals surface area contributed by atoms with E-state index in [0.29, 0.717) is 6.54 Å². The molecule has 0 spiro atoms. The van der Waals surface area contributed by atoms with Gasteiger partial charge in [0, 0.05) is 19.6 Å². The van der Waals surface area contributed by atoms with Crippen LogP contribution >= 0.6 is 0 Å². The Labute approximate surface area is 111 Å². The number of likely N-dealkylation sites (N-methyl/N-ethyl adjacent to an activating group) is 1. The van der Waals surface area contributed by atoms with E-state index in [1.165, 1.54) is 11.1 Å². The third-order valence-electron chi connectivity index (χ3n) is 3.19. The second kappa shape index (κ2) is 8.25. The smallest absolute Gasteiger partial charge is 0.0791 e. The van der Waals surface area contributed by atoms with E-state index in [1.54, 1.807) is 0 Å². The minimum atomic E-state index is -0.296. The molecule has 3 nitrogen and oxygen atoms in total. The van der Waals surface area contributed by atoms with Gasteiger partial charge in [0.25, 0.3) is 0 Å². The van der Waals surface area contributed by atoms with Gasteiger partial charge < -0.3 is 15.3 Å². The van der Waals surface area contributed by atoms with Crippen LogP contribution in [0.5, 0.6) is 0 Å². The molecule has 0 heterocycles. The van der Waals surface area contributed by atoms with Gasteiger partial charge in [0.05, 0.1) is 6.10 Å². The van der Waals surface area contributed by atoms with Gasteiger partial charge >= 0.3 is 0 Å². The molecule has 0 saturated carbocycles. The molecule has 0 amide bonds. The van der Waals surface area contributed by atoms with Crippen molar-refractivity contribution in [3.8, 4) is 0 Å². The summed E-state index contributed by atoms with van der Waals surface area (Å²) in [5.41, 5.74) is 2.54. The van der Waals surface area contributed by atoms with Gasteiger partial charge in [-0.25, -0.2) is 0 Å². The van der Waals surface area contributed by atoms with Crippen molar-refractivity contribution in [3.05, 3.63) is 35.4 Å². The lowest BCUT2D eigenvalue weighted by Crippen LogP contribution is -2.38. The minimum absolute atomic E-state index is 0.296. The van der Waals surface area contributed by atoms with Crippen LogP contribution in [0.3, 0.4) is 0 Å². The summed E-state index contributed by atoms with van der Waals surface area (Å²) in [5.74, 6) is 0. The second-order valence-electron chi connectivity index (χ2n) is 4.76. The number of benzene rings is 1. The molecule has 1 unspecified atom stereocenters. The molecule has 0 aromatic heterocycles. The monoisotopic (exact) mass is 250 g/mol. The number of nitrogens with zero attached hydrogens (tertiary/aromatic N) is 1. The van der Waals surface area contributed by atoms with Crippen molar-refractivity contribution in [3.63, 3.8) is 0 Å². The molecule has 1 atom stereocenters. The maximum absolute atomic E-state index is 9.90. The van der Waals surface area contributed by atoms with E-state index in [2.05, 4.69) is 55.3 Å². The molecular formula is C15H26N2O. The Morgan fingerprint density at radius 2 is 1.78 bits per heavy atom. The van der Waals surface area contributed by atoms with E-state index in [0.717, 1.165) is 26.2 Å². The zero-order chi connectivity index (χ0) is 13.4. The lowest BCUT2D eigenvalue weighted by molar-refractivity contribution is 0.116. The van der Waals surface area contributed by atoms with Gasteiger partial charge in [0.2, 0.25) is 0 Å². The molecule has 0 saturated heterocycles. The molecule has 3 heteroatoms. The highest BCUT2D eigenvalue weighted by atomic mass is 16.3. The fourth-order valence-corrected chi connectivity index (χ4v) is 1.93. The molecule has 0 fully saturated rings. The van der Waals surface area contributed by atoms with E-state index in [9.17, 15) is 5.11 Å². The first-order valence-electron chi connectivity index (χ1n) is 6.82. The molecule has 18 heavy (non-hydrogen) atoms. The van der Waals surface area contributed by atoms with Crippen LogP contribution in [0.15, 0.2) is 24.3 Å². The third-order valence-corrected chi connectivity index (χ3v) is 3.19. The Hall–Kier alpha value is -0.900. The summed E-state index contributed by atoms with van der Waals surface area (Å²) >= 11 is 0. The fourth-order valence-electron chi connectivity index (χ4n) is 1.93. The van der Waals surface area contributed by atoms with Crippen LogP contribution in [0, 0.1) is 6.92 Å². The first-order chi connectivity index (χ1) is 8.65. The van der Waals surface area contributed by atoms with E-state index in [1.807, 2.05) is 0 Å². The Morgan fingerprint density at radius 1 is 1.17 bits per heavy atom. The van der Waals surface area contributed by atoms with Gasteiger partial charge in [-0.2, -0.15) is 0 Å². The molecule has 0 aliphatic heterocycles. The molecule has 102 valence electrons. The Bertz CT molecular complexity index is 320. The number of aryl methyl sites for hydroxylation is 1. The number of hydrogen-bond donors (Lipinski definition) is 2. The van der Waals surface area contributed by atoms with Gasteiger partial charge in [0.15, 0.2) is 0 Å². The molecule has 1 aromatic carbocycles. The van der Waals surface area contributed by atoms with Gasteiger partial charge in [-0.05, 0) is 25.6 Å². The quantitative estimate of drug-likeness (QED) is 0.738. The van der Waals surface area contributed by atoms with Crippen molar-refractivity contribution in [2.24, 2.45) is 0 Å². The van der Waals surface area contributed by atoms with Crippen LogP contribution < -0.4 is 5.32 Å². The summed E-state index contributed by atoms with van der Waals surface area (Å²) in [5, 5.41) is 13.2. The average Bonchev–Trinajstić information content (AvgIpc) is 2.38. The zero-order valence-corrected chi connectivity index (χ0v) is 11.8. The topological polar surface area (TPSA) is 35.5 Å². The Balaban J connectivity index is 2.22. The average molecular weight is 250 g/mol. The van der Waals surface area contributed by atoms with Crippen LogP contribution in [-0.4, -0.2) is 42.3 Å². The predicted molar refractivity (Wildman–Crippen MR) is 76.7 cm³/mol. The van der Waals surface area contributed by atoms with E-state index in [4.69, 9.17) is 0 Å². The van der Waals surface area contributed by atoms with Crippen molar-refractivity contribution in [1.29, 1.82) is 0 Å². The maximum atomic E-state index is 9.90. The minimum Gasteiger partial charge on any atom is -0.390 e. The van der Waals surface area contributed by atoms with Crippen molar-refractivity contribution in [2.75, 3.05) is 26.2 Å². The zero-order valence-electron chi connectivity index (χ0n) is 11.8. The van der Waals surface area contributed by atoms with E-state index >= 15 is 0 Å². The number of aliphatic hydroxyl groups excluding tert-OH is 1. The van der Waals surface area contributed by atoms with E-state index in [-0.39, 0.29) is 6.10 Å². The maximum Gasteiger partial charge on any atom is 0.0791 e. The SMILES string of the molecule is CCN(CC)CC(O)CNCc1ccc(C)cc1. The summed E-state index contributed by atoms with van der Waals surface area (Å²) in [7, 11) is 0. The molecule has 1 rings (SSSR count). The largest absolute Gasteiger partial charge is 0.390 e. The summed E-state index contributed by atoms with van der Waals surface area (Å²) in [6, 6.07) is 8.48. The van der Waals surface area contributed by atoms with Crippen LogP contribution in [0.1, 0.15) is 25.0 Å². The highest BCUT2D eigenvalue weighted by molar-refractivity contribution is 5.21. The van der Waals surface area contributed by atoms with Crippen LogP contribution in [-0.2, 0) is 6.54 Å². The highest BCUT2D eigenvalue weighted by Gasteiger charge is 2.08. The van der Waals surface area contributed by atoms with Gasteiger partial charge in [-0.1, -0.05) is 43.7 Å². The van der Waals surface area contributed by atoms with Crippen molar-refractivity contribution in [2.45, 2.75) is 33.4 Å². The molecule has 0 aliphatic carbocycles. The summed E-state index contributed by atoms with van der Waals surface area (Å²) in [6.45, 7) is 10.5. The van der Waals surface area contributed by atoms with Crippen LogP contribution in [0.4, 0.5) is 0 Å². The molecule has 0 radical (unpaired) electrons. The molecular weight excluding hydrogens is 224 g/mol. The Kier molecular flexibility index (Phi) is 6.94. The normalized spacial score (nSPS) is 12.9. The van der Waals surface area contributed by atoms with Gasteiger partial charge in [-0.3, -0.25) is 0 Å². The van der Waals surface area contributed by atoms with Gasteiger partial charge in [-0.15, -0.1) is 0 Å². The molecule has 0 bridgehead atoms. The first kappa shape index (κ1) is 15.2. The summed E-state index contributed by atoms with van der Waals surface area (Å²) in [6.07, 6.45) is -0.296. The lowest BCUT2D eigenvalue weighted by Gasteiger charge is -2.22. The second-order valence-corrected chi connectivity index (χ2v) is 4.76. The standard InChI is InChI=1S/C15H26N2O/c1-4-17(5-2)12-15(18)11-16-10-14-8-6-13(3)7-9-14/h6-9,15-16,18H,4-5,10-12H2,1-3H3. The van der Waals surface area contributed by atoms with Crippen LogP contribution in [0.2, 0.25) is 0 Å². The molecule has 2 N–H and O–H groups in total. The third kappa shape index (κ3) is 5.63. The molecule has 1 aromatic rings. The lowest BCUT2D eigenvalue weighted by atomic mass is 10.1. The molecule has 0 aliphatic rings. The fraction of sp³-hybridized carbons (Fsp3) is 0.600. The van der Waals surface area contributed by atoms with Crippen molar-refractivity contribution < 1.29 is 5.11 Å². The number of nitrogens with one attached hydrogen (secondary N) is 1.